The van der Waals surface area contributed by atoms with Gasteiger partial charge < -0.3 is 25.2 Å². The summed E-state index contributed by atoms with van der Waals surface area (Å²) in [6.45, 7) is 7.59. The van der Waals surface area contributed by atoms with Crippen molar-refractivity contribution in [1.29, 1.82) is 0 Å². The molecule has 2 aromatic heterocycles. The maximum absolute atomic E-state index is 14.9. The second kappa shape index (κ2) is 12.4. The van der Waals surface area contributed by atoms with Crippen molar-refractivity contribution < 1.29 is 21.9 Å². The number of fused-ring (bicyclic) bond motifs is 1. The number of benzene rings is 1. The minimum Gasteiger partial charge on any atom is -0.370 e. The average Bonchev–Trinajstić information content (AvgIpc) is 2.94. The average molecular weight is 618 g/mol. The number of sulfone groups is 1. The number of hydrogen-bond donors (Lipinski definition) is 2. The third-order valence-electron chi connectivity index (χ3n) is 8.35. The summed E-state index contributed by atoms with van der Waals surface area (Å²) in [6.07, 6.45) is 3.71. The molecule has 0 radical (unpaired) electrons. The van der Waals surface area contributed by atoms with E-state index in [1.165, 1.54) is 11.2 Å². The first-order valence-corrected chi connectivity index (χ1v) is 16.8. The molecule has 1 aromatic carbocycles. The first kappa shape index (κ1) is 31.3. The van der Waals surface area contributed by atoms with Gasteiger partial charge in [0.1, 0.15) is 27.6 Å². The molecular formula is C30H41F2N7O3S. The lowest BCUT2D eigenvalue weighted by atomic mass is 9.88. The van der Waals surface area contributed by atoms with Crippen molar-refractivity contribution in [3.05, 3.63) is 42.2 Å². The van der Waals surface area contributed by atoms with Crippen molar-refractivity contribution in [2.45, 2.75) is 51.2 Å². The Labute approximate surface area is 252 Å². The van der Waals surface area contributed by atoms with Crippen molar-refractivity contribution in [2.75, 3.05) is 67.0 Å². The monoisotopic (exact) mass is 617 g/mol. The Morgan fingerprint density at radius 1 is 1.16 bits per heavy atom. The lowest BCUT2D eigenvalue weighted by molar-refractivity contribution is -0.142. The summed E-state index contributed by atoms with van der Waals surface area (Å²) >= 11 is 0. The summed E-state index contributed by atoms with van der Waals surface area (Å²) < 4.78 is 58.9. The number of halogens is 2. The van der Waals surface area contributed by atoms with Crippen LogP contribution in [-0.2, 0) is 14.6 Å². The van der Waals surface area contributed by atoms with E-state index in [-0.39, 0.29) is 42.6 Å². The Balaban J connectivity index is 1.35. The van der Waals surface area contributed by atoms with Gasteiger partial charge in [-0.05, 0) is 55.5 Å². The Morgan fingerprint density at radius 3 is 2.63 bits per heavy atom. The number of nitrogens with zero attached hydrogens (tertiary/aromatic N) is 5. The number of alkyl halides is 2. The van der Waals surface area contributed by atoms with E-state index < -0.39 is 28.4 Å². The van der Waals surface area contributed by atoms with Gasteiger partial charge in [-0.1, -0.05) is 19.9 Å². The predicted octanol–water partition coefficient (Wildman–Crippen LogP) is 4.21. The van der Waals surface area contributed by atoms with Crippen molar-refractivity contribution in [3.63, 3.8) is 0 Å². The Kier molecular flexibility index (Phi) is 9.05. The number of likely N-dealkylation sites (N-methyl/N-ethyl adjacent to an activating group) is 1. The molecule has 234 valence electrons. The molecule has 2 fully saturated rings. The highest BCUT2D eigenvalue weighted by Gasteiger charge is 2.46. The van der Waals surface area contributed by atoms with Crippen LogP contribution < -0.4 is 20.4 Å². The van der Waals surface area contributed by atoms with E-state index in [0.717, 1.165) is 22.0 Å². The molecular weight excluding hydrogens is 576 g/mol. The quantitative estimate of drug-likeness (QED) is 0.304. The highest BCUT2D eigenvalue weighted by Crippen LogP contribution is 2.40. The van der Waals surface area contributed by atoms with E-state index >= 15 is 0 Å². The van der Waals surface area contributed by atoms with Crippen LogP contribution in [0.3, 0.4) is 0 Å². The van der Waals surface area contributed by atoms with E-state index in [2.05, 4.69) is 63.4 Å². The molecule has 3 atom stereocenters. The minimum atomic E-state index is -3.05. The molecule has 0 aliphatic carbocycles. The SMILES string of the molecule is CNCCO[C@H]1CCN(c2nccc(Nc3cc4c(C(C)C)ccc(N5C[C@H](CS(C)(=O)=O)[C@H]5C)c4cn3)n2)CC1(F)F. The van der Waals surface area contributed by atoms with Crippen LogP contribution in [0.15, 0.2) is 36.7 Å². The number of hydrogen-bond acceptors (Lipinski definition) is 10. The van der Waals surface area contributed by atoms with Crippen LogP contribution in [-0.4, -0.2) is 93.3 Å². The highest BCUT2D eigenvalue weighted by molar-refractivity contribution is 7.90. The topological polar surface area (TPSA) is 113 Å². The Bertz CT molecular complexity index is 1560. The molecule has 2 aliphatic heterocycles. The fourth-order valence-electron chi connectivity index (χ4n) is 5.96. The van der Waals surface area contributed by atoms with Gasteiger partial charge in [0.25, 0.3) is 5.92 Å². The van der Waals surface area contributed by atoms with Gasteiger partial charge in [0.15, 0.2) is 0 Å². The van der Waals surface area contributed by atoms with Gasteiger partial charge in [-0.2, -0.15) is 4.98 Å². The zero-order chi connectivity index (χ0) is 30.9. The highest BCUT2D eigenvalue weighted by atomic mass is 32.2. The van der Waals surface area contributed by atoms with Crippen LogP contribution in [0.4, 0.5) is 32.1 Å². The normalized spacial score (nSPS) is 22.2. The number of pyridine rings is 1. The smallest absolute Gasteiger partial charge is 0.290 e. The molecule has 3 aromatic rings. The number of aromatic nitrogens is 3. The third kappa shape index (κ3) is 6.99. The van der Waals surface area contributed by atoms with E-state index in [0.29, 0.717) is 31.3 Å². The fraction of sp³-hybridized carbons (Fsp3) is 0.567. The molecule has 0 saturated carbocycles. The number of piperidine rings is 1. The van der Waals surface area contributed by atoms with Gasteiger partial charge >= 0.3 is 0 Å². The first-order valence-electron chi connectivity index (χ1n) is 14.7. The molecule has 5 rings (SSSR count). The summed E-state index contributed by atoms with van der Waals surface area (Å²) in [7, 11) is -1.29. The first-order chi connectivity index (χ1) is 20.4. The molecule has 43 heavy (non-hydrogen) atoms. The lowest BCUT2D eigenvalue weighted by Gasteiger charge is -2.48. The second-order valence-electron chi connectivity index (χ2n) is 12.0. The molecule has 0 unspecified atom stereocenters. The third-order valence-corrected chi connectivity index (χ3v) is 9.39. The van der Waals surface area contributed by atoms with Crippen LogP contribution >= 0.6 is 0 Å². The standard InChI is InChI=1S/C30H41F2N7O3S/c1-19(2)22-6-7-25(39-16-21(20(39)3)17-43(5,40)41)24-15-35-28(14-23(22)24)36-27-8-10-34-29(37-27)38-12-9-26(30(31,32)18-38)42-13-11-33-4/h6-8,10,14-15,19-21,26,33H,9,11-13,16-18H2,1-5H3,(H,34,35,36,37)/t20-,21-,26+/m1/s1. The Morgan fingerprint density at radius 2 is 1.95 bits per heavy atom. The van der Waals surface area contributed by atoms with Gasteiger partial charge in [0, 0.05) is 61.3 Å². The van der Waals surface area contributed by atoms with E-state index in [4.69, 9.17) is 4.74 Å². The molecule has 2 N–H and O–H groups in total. The summed E-state index contributed by atoms with van der Waals surface area (Å²) in [5.41, 5.74) is 2.19. The summed E-state index contributed by atoms with van der Waals surface area (Å²) in [4.78, 5) is 17.2. The van der Waals surface area contributed by atoms with Crippen LogP contribution in [0.2, 0.25) is 0 Å². The number of ether oxygens (including phenoxy) is 1. The van der Waals surface area contributed by atoms with Crippen molar-refractivity contribution in [3.8, 4) is 0 Å². The molecule has 2 aliphatic rings. The minimum absolute atomic E-state index is 0.0901. The molecule has 0 amide bonds. The predicted molar refractivity (Wildman–Crippen MR) is 167 cm³/mol. The molecule has 0 bridgehead atoms. The van der Waals surface area contributed by atoms with E-state index in [9.17, 15) is 17.2 Å². The number of anilines is 4. The lowest BCUT2D eigenvalue weighted by Crippen LogP contribution is -2.57. The fourth-order valence-corrected chi connectivity index (χ4v) is 7.12. The van der Waals surface area contributed by atoms with Gasteiger partial charge in [0.2, 0.25) is 5.95 Å². The Hall–Kier alpha value is -3.16. The molecule has 13 heteroatoms. The van der Waals surface area contributed by atoms with Gasteiger partial charge in [-0.25, -0.2) is 27.2 Å². The summed E-state index contributed by atoms with van der Waals surface area (Å²) in [5, 5.41) is 8.17. The van der Waals surface area contributed by atoms with Gasteiger partial charge in [-0.15, -0.1) is 0 Å². The van der Waals surface area contributed by atoms with Gasteiger partial charge in [0.05, 0.1) is 18.9 Å². The van der Waals surface area contributed by atoms with Crippen LogP contribution in [0.5, 0.6) is 0 Å². The van der Waals surface area contributed by atoms with E-state index in [1.54, 1.807) is 19.3 Å². The van der Waals surface area contributed by atoms with Crippen molar-refractivity contribution >= 4 is 43.9 Å². The zero-order valence-corrected chi connectivity index (χ0v) is 26.2. The molecule has 10 nitrogen and oxygen atoms in total. The second-order valence-corrected chi connectivity index (χ2v) is 14.2. The maximum atomic E-state index is 14.9. The van der Waals surface area contributed by atoms with Crippen LogP contribution in [0, 0.1) is 5.92 Å². The van der Waals surface area contributed by atoms with Crippen LogP contribution in [0.1, 0.15) is 38.7 Å². The maximum Gasteiger partial charge on any atom is 0.290 e. The summed E-state index contributed by atoms with van der Waals surface area (Å²) in [5.74, 6) is -1.25. The molecule has 2 saturated heterocycles. The number of nitrogens with one attached hydrogen (secondary N) is 2. The molecule has 4 heterocycles. The van der Waals surface area contributed by atoms with Crippen molar-refractivity contribution in [1.82, 2.24) is 20.3 Å². The molecule has 0 spiro atoms. The summed E-state index contributed by atoms with van der Waals surface area (Å²) in [6, 6.07) is 7.98. The number of rotatable bonds is 11. The largest absolute Gasteiger partial charge is 0.370 e. The zero-order valence-electron chi connectivity index (χ0n) is 25.3. The van der Waals surface area contributed by atoms with Crippen molar-refractivity contribution in [2.24, 2.45) is 5.92 Å². The van der Waals surface area contributed by atoms with Gasteiger partial charge in [-0.3, -0.25) is 0 Å². The van der Waals surface area contributed by atoms with E-state index in [1.807, 2.05) is 12.3 Å². The van der Waals surface area contributed by atoms with Crippen LogP contribution in [0.25, 0.3) is 10.8 Å².